The minimum absolute atomic E-state index is 1.17. The third-order valence-corrected chi connectivity index (χ3v) is 13.0. The van der Waals surface area contributed by atoms with Crippen molar-refractivity contribution in [2.45, 2.75) is 0 Å². The third kappa shape index (κ3) is 4.67. The highest BCUT2D eigenvalue weighted by Crippen LogP contribution is 2.45. The van der Waals surface area contributed by atoms with Gasteiger partial charge in [-0.1, -0.05) is 158 Å². The van der Waals surface area contributed by atoms with Crippen LogP contribution in [0, 0.1) is 0 Å². The molecule has 12 aromatic rings. The van der Waals surface area contributed by atoms with Crippen LogP contribution in [0.25, 0.3) is 113 Å². The van der Waals surface area contributed by atoms with E-state index in [2.05, 4.69) is 205 Å². The normalized spacial score (nSPS) is 11.9. The molecule has 2 aromatic heterocycles. The van der Waals surface area contributed by atoms with Crippen molar-refractivity contribution in [3.05, 3.63) is 200 Å². The second-order valence-corrected chi connectivity index (χ2v) is 15.9. The first-order chi connectivity index (χ1) is 27.8. The zero-order valence-corrected chi connectivity index (χ0v) is 31.2. The fourth-order valence-corrected chi connectivity index (χ4v) is 10.5. The van der Waals surface area contributed by atoms with Gasteiger partial charge in [0, 0.05) is 36.6 Å². The molecule has 0 fully saturated rings. The number of para-hydroxylation sites is 1. The molecule has 0 N–H and O–H groups in total. The van der Waals surface area contributed by atoms with Crippen LogP contribution in [-0.2, 0) is 0 Å². The van der Waals surface area contributed by atoms with Crippen molar-refractivity contribution in [3.8, 4) is 39.1 Å². The molecule has 0 amide bonds. The van der Waals surface area contributed by atoms with Crippen LogP contribution < -0.4 is 0 Å². The molecule has 0 aliphatic heterocycles. The molecule has 0 saturated carbocycles. The van der Waals surface area contributed by atoms with Crippen LogP contribution in [0.5, 0.6) is 0 Å². The van der Waals surface area contributed by atoms with Crippen molar-refractivity contribution < 1.29 is 0 Å². The van der Waals surface area contributed by atoms with Crippen molar-refractivity contribution in [1.82, 2.24) is 4.57 Å². The van der Waals surface area contributed by atoms with E-state index in [1.807, 2.05) is 11.3 Å². The molecule has 12 rings (SSSR count). The van der Waals surface area contributed by atoms with E-state index in [1.165, 1.54) is 113 Å². The number of rotatable bonds is 4. The maximum absolute atomic E-state index is 2.44. The monoisotopic (exact) mass is 727 g/mol. The fourth-order valence-electron chi connectivity index (χ4n) is 9.28. The van der Waals surface area contributed by atoms with Crippen molar-refractivity contribution in [2.24, 2.45) is 0 Å². The van der Waals surface area contributed by atoms with Crippen LogP contribution in [0.3, 0.4) is 0 Å². The van der Waals surface area contributed by atoms with Gasteiger partial charge in [-0.2, -0.15) is 0 Å². The molecule has 0 atom stereocenters. The van der Waals surface area contributed by atoms with Crippen molar-refractivity contribution >= 4 is 85.6 Å². The fraction of sp³-hybridized carbons (Fsp3) is 0. The third-order valence-electron chi connectivity index (χ3n) is 11.8. The summed E-state index contributed by atoms with van der Waals surface area (Å²) in [6.45, 7) is 0. The van der Waals surface area contributed by atoms with Crippen LogP contribution in [0.15, 0.2) is 200 Å². The van der Waals surface area contributed by atoms with Gasteiger partial charge in [-0.05, 0) is 108 Å². The van der Waals surface area contributed by atoms with Crippen LogP contribution in [0.2, 0.25) is 0 Å². The lowest BCUT2D eigenvalue weighted by Crippen LogP contribution is -1.94. The molecule has 260 valence electrons. The SMILES string of the molecule is c1ccc(-c2c3ccccc3c(-c3ccc4cc(-n5c6ccccc6c6cc(-c7cccc8c7sc7ccccc78)ccc65)ccc4c3)c3ccccc23)cc1. The van der Waals surface area contributed by atoms with E-state index in [0.717, 1.165) is 0 Å². The molecule has 0 spiro atoms. The summed E-state index contributed by atoms with van der Waals surface area (Å²) in [5, 5.41) is 12.7. The van der Waals surface area contributed by atoms with Crippen LogP contribution in [-0.4, -0.2) is 4.57 Å². The molecule has 0 aliphatic carbocycles. The molecule has 0 bridgehead atoms. The number of nitrogens with zero attached hydrogens (tertiary/aromatic N) is 1. The highest BCUT2D eigenvalue weighted by Gasteiger charge is 2.18. The molecule has 0 aliphatic rings. The smallest absolute Gasteiger partial charge is 0.0541 e. The Morgan fingerprint density at radius 2 is 0.893 bits per heavy atom. The van der Waals surface area contributed by atoms with Gasteiger partial charge in [0.2, 0.25) is 0 Å². The molecule has 0 radical (unpaired) electrons. The van der Waals surface area contributed by atoms with Crippen LogP contribution in [0.4, 0.5) is 0 Å². The van der Waals surface area contributed by atoms with Gasteiger partial charge in [-0.25, -0.2) is 0 Å². The Kier molecular flexibility index (Phi) is 6.87. The summed E-state index contributed by atoms with van der Waals surface area (Å²) in [4.78, 5) is 0. The van der Waals surface area contributed by atoms with Gasteiger partial charge in [0.1, 0.15) is 0 Å². The largest absolute Gasteiger partial charge is 0.309 e. The second-order valence-electron chi connectivity index (χ2n) is 14.8. The summed E-state index contributed by atoms with van der Waals surface area (Å²) in [7, 11) is 0. The van der Waals surface area contributed by atoms with E-state index in [9.17, 15) is 0 Å². The maximum atomic E-state index is 2.44. The minimum atomic E-state index is 1.17. The average molecular weight is 728 g/mol. The first-order valence-electron chi connectivity index (χ1n) is 19.3. The molecule has 2 heteroatoms. The Morgan fingerprint density at radius 1 is 0.321 bits per heavy atom. The van der Waals surface area contributed by atoms with E-state index >= 15 is 0 Å². The van der Waals surface area contributed by atoms with Crippen molar-refractivity contribution in [3.63, 3.8) is 0 Å². The standard InChI is InChI=1S/C54H33NS/c1-2-13-34(14-3-1)52-43-17-4-6-19-45(43)53(46-20-7-5-18-44(46)52)38-26-25-36-32-39(29-27-35(36)31-38)55-49-23-10-8-15-41(49)48-33-37(28-30-50(48)55)40-21-12-22-47-42-16-9-11-24-51(42)56-54(40)47/h1-33H. The molecule has 0 saturated heterocycles. The molecule has 0 unspecified atom stereocenters. The van der Waals surface area contributed by atoms with Crippen LogP contribution in [0.1, 0.15) is 0 Å². The summed E-state index contributed by atoms with van der Waals surface area (Å²) in [5.41, 5.74) is 11.2. The Labute approximate surface area is 327 Å². The van der Waals surface area contributed by atoms with Gasteiger partial charge in [-0.3, -0.25) is 0 Å². The summed E-state index contributed by atoms with van der Waals surface area (Å²) < 4.78 is 5.11. The number of aromatic nitrogens is 1. The first kappa shape index (κ1) is 31.4. The zero-order chi connectivity index (χ0) is 36.7. The lowest BCUT2D eigenvalue weighted by Gasteiger charge is -2.18. The van der Waals surface area contributed by atoms with E-state index < -0.39 is 0 Å². The van der Waals surface area contributed by atoms with Crippen LogP contribution >= 0.6 is 11.3 Å². The Balaban J connectivity index is 1.01. The second kappa shape index (κ2) is 12.3. The molecular weight excluding hydrogens is 695 g/mol. The summed E-state index contributed by atoms with van der Waals surface area (Å²) in [5.74, 6) is 0. The predicted molar refractivity (Wildman–Crippen MR) is 242 cm³/mol. The molecule has 56 heavy (non-hydrogen) atoms. The summed E-state index contributed by atoms with van der Waals surface area (Å²) >= 11 is 1.89. The Bertz CT molecular complexity index is 3470. The minimum Gasteiger partial charge on any atom is -0.309 e. The lowest BCUT2D eigenvalue weighted by molar-refractivity contribution is 1.19. The molecular formula is C54H33NS. The molecule has 2 heterocycles. The average Bonchev–Trinajstić information content (AvgIpc) is 3.81. The van der Waals surface area contributed by atoms with Gasteiger partial charge in [-0.15, -0.1) is 11.3 Å². The Hall–Kier alpha value is -7.00. The van der Waals surface area contributed by atoms with E-state index in [4.69, 9.17) is 0 Å². The highest BCUT2D eigenvalue weighted by molar-refractivity contribution is 7.26. The van der Waals surface area contributed by atoms with E-state index in [1.54, 1.807) is 0 Å². The van der Waals surface area contributed by atoms with Gasteiger partial charge in [0.15, 0.2) is 0 Å². The number of benzene rings is 10. The first-order valence-corrected chi connectivity index (χ1v) is 20.1. The highest BCUT2D eigenvalue weighted by atomic mass is 32.1. The van der Waals surface area contributed by atoms with E-state index in [0.29, 0.717) is 0 Å². The maximum Gasteiger partial charge on any atom is 0.0541 e. The molecule has 10 aromatic carbocycles. The van der Waals surface area contributed by atoms with Gasteiger partial charge in [0.25, 0.3) is 0 Å². The number of hydrogen-bond acceptors (Lipinski definition) is 1. The van der Waals surface area contributed by atoms with E-state index in [-0.39, 0.29) is 0 Å². The van der Waals surface area contributed by atoms with Gasteiger partial charge >= 0.3 is 0 Å². The summed E-state index contributed by atoms with van der Waals surface area (Å²) in [6.07, 6.45) is 0. The summed E-state index contributed by atoms with van der Waals surface area (Å²) in [6, 6.07) is 73.9. The quantitative estimate of drug-likeness (QED) is 0.159. The van der Waals surface area contributed by atoms with Crippen molar-refractivity contribution in [1.29, 1.82) is 0 Å². The predicted octanol–water partition coefficient (Wildman–Crippen LogP) is 15.6. The molecule has 1 nitrogen and oxygen atoms in total. The number of fused-ring (bicyclic) bond motifs is 9. The van der Waals surface area contributed by atoms with Crippen molar-refractivity contribution in [2.75, 3.05) is 0 Å². The Morgan fingerprint density at radius 3 is 1.66 bits per heavy atom. The van der Waals surface area contributed by atoms with Gasteiger partial charge in [0.05, 0.1) is 11.0 Å². The lowest BCUT2D eigenvalue weighted by atomic mass is 9.85. The van der Waals surface area contributed by atoms with Gasteiger partial charge < -0.3 is 4.57 Å². The zero-order valence-electron chi connectivity index (χ0n) is 30.4. The number of thiophene rings is 1. The number of hydrogen-bond donors (Lipinski definition) is 0. The topological polar surface area (TPSA) is 4.93 Å².